The van der Waals surface area contributed by atoms with E-state index >= 15 is 0 Å². The van der Waals surface area contributed by atoms with Crippen LogP contribution in [-0.2, 0) is 14.3 Å². The molecule has 1 amide bonds. The fourth-order valence-electron chi connectivity index (χ4n) is 9.03. The van der Waals surface area contributed by atoms with Crippen molar-refractivity contribution in [3.8, 4) is 0 Å². The largest absolute Gasteiger partial charge is 0.466 e. The summed E-state index contributed by atoms with van der Waals surface area (Å²) in [6.45, 7) is 4.89. The minimum Gasteiger partial charge on any atom is -0.466 e. The number of allylic oxidation sites excluding steroid dienone is 4. The Hall–Kier alpha value is -1.66. The maximum atomic E-state index is 12.5. The normalized spacial score (nSPS) is 12.7. The number of unbranched alkanes of at least 4 members (excludes halogenated alkanes) is 39. The number of esters is 1. The van der Waals surface area contributed by atoms with Gasteiger partial charge in [0.05, 0.1) is 25.4 Å². The smallest absolute Gasteiger partial charge is 0.305 e. The SMILES string of the molecule is CCC/C=C\C/C=C\CCCCCCCC(=O)OCCCCCCCCCCCCCCCCCCCCCCC(=O)NC(CO)C(O)CCCCCCCCCCCCCCCCC. The fraction of sp³-hybridized carbons (Fsp3) is 0.898. The zero-order chi connectivity index (χ0) is 47.2. The Morgan fingerprint density at radius 2 is 0.800 bits per heavy atom. The Bertz CT molecular complexity index is 1010. The summed E-state index contributed by atoms with van der Waals surface area (Å²) in [7, 11) is 0. The zero-order valence-electron chi connectivity index (χ0n) is 43.7. The van der Waals surface area contributed by atoms with Gasteiger partial charge in [-0.3, -0.25) is 9.59 Å². The van der Waals surface area contributed by atoms with Gasteiger partial charge in [0, 0.05) is 12.8 Å². The van der Waals surface area contributed by atoms with Crippen molar-refractivity contribution in [1.82, 2.24) is 5.32 Å². The maximum absolute atomic E-state index is 12.5. The molecule has 0 aliphatic heterocycles. The van der Waals surface area contributed by atoms with Gasteiger partial charge in [-0.05, 0) is 51.4 Å². The second-order valence-corrected chi connectivity index (χ2v) is 20.0. The van der Waals surface area contributed by atoms with E-state index in [2.05, 4.69) is 43.5 Å². The number of hydrogen-bond donors (Lipinski definition) is 3. The summed E-state index contributed by atoms with van der Waals surface area (Å²) in [5.74, 6) is -0.0401. The molecule has 0 heterocycles. The van der Waals surface area contributed by atoms with E-state index in [-0.39, 0.29) is 18.5 Å². The Balaban J connectivity index is 3.40. The summed E-state index contributed by atoms with van der Waals surface area (Å²) in [6.07, 6.45) is 66.0. The van der Waals surface area contributed by atoms with Crippen LogP contribution in [0.25, 0.3) is 0 Å². The van der Waals surface area contributed by atoms with Gasteiger partial charge in [0.25, 0.3) is 0 Å². The van der Waals surface area contributed by atoms with Crippen LogP contribution in [-0.4, -0.2) is 47.4 Å². The van der Waals surface area contributed by atoms with E-state index in [0.717, 1.165) is 51.4 Å². The lowest BCUT2D eigenvalue weighted by Gasteiger charge is -2.22. The van der Waals surface area contributed by atoms with Crippen LogP contribution in [0.1, 0.15) is 316 Å². The molecule has 0 rings (SSSR count). The average molecular weight is 917 g/mol. The third kappa shape index (κ3) is 51.6. The molecule has 2 unspecified atom stereocenters. The van der Waals surface area contributed by atoms with Crippen LogP contribution in [0.15, 0.2) is 24.3 Å². The van der Waals surface area contributed by atoms with Gasteiger partial charge in [0.15, 0.2) is 0 Å². The highest BCUT2D eigenvalue weighted by molar-refractivity contribution is 5.76. The van der Waals surface area contributed by atoms with Crippen molar-refractivity contribution < 1.29 is 24.5 Å². The van der Waals surface area contributed by atoms with Gasteiger partial charge in [0.2, 0.25) is 5.91 Å². The molecule has 0 bridgehead atoms. The monoisotopic (exact) mass is 916 g/mol. The molecule has 0 spiro atoms. The number of nitrogens with one attached hydrogen (secondary N) is 1. The summed E-state index contributed by atoms with van der Waals surface area (Å²) < 4.78 is 5.46. The van der Waals surface area contributed by atoms with Gasteiger partial charge in [-0.2, -0.15) is 0 Å². The molecule has 0 aliphatic carbocycles. The molecule has 0 aromatic carbocycles. The van der Waals surface area contributed by atoms with Gasteiger partial charge in [-0.1, -0.05) is 276 Å². The Labute approximate surface area is 405 Å². The number of hydrogen-bond acceptors (Lipinski definition) is 5. The first-order chi connectivity index (χ1) is 32.0. The number of amides is 1. The topological polar surface area (TPSA) is 95.9 Å². The Kier molecular flexibility index (Phi) is 53.5. The third-order valence-electron chi connectivity index (χ3n) is 13.5. The summed E-state index contributed by atoms with van der Waals surface area (Å²) >= 11 is 0. The molecular formula is C59H113NO5. The average Bonchev–Trinajstić information content (AvgIpc) is 3.31. The molecule has 0 saturated heterocycles. The Morgan fingerprint density at radius 3 is 1.23 bits per heavy atom. The number of carbonyl (C=O) groups excluding carboxylic acids is 2. The molecule has 0 fully saturated rings. The maximum Gasteiger partial charge on any atom is 0.305 e. The van der Waals surface area contributed by atoms with E-state index < -0.39 is 12.1 Å². The molecule has 0 radical (unpaired) electrons. The number of aliphatic hydroxyl groups excluding tert-OH is 2. The van der Waals surface area contributed by atoms with Crippen LogP contribution in [0.2, 0.25) is 0 Å². The Morgan fingerprint density at radius 1 is 0.431 bits per heavy atom. The third-order valence-corrected chi connectivity index (χ3v) is 13.5. The van der Waals surface area contributed by atoms with Gasteiger partial charge in [-0.25, -0.2) is 0 Å². The lowest BCUT2D eigenvalue weighted by molar-refractivity contribution is -0.143. The van der Waals surface area contributed by atoms with E-state index in [4.69, 9.17) is 4.74 Å². The minimum atomic E-state index is -0.665. The second kappa shape index (κ2) is 54.9. The fourth-order valence-corrected chi connectivity index (χ4v) is 9.03. The number of ether oxygens (including phenoxy) is 1. The van der Waals surface area contributed by atoms with E-state index in [1.54, 1.807) is 0 Å². The van der Waals surface area contributed by atoms with E-state index in [0.29, 0.717) is 25.9 Å². The van der Waals surface area contributed by atoms with E-state index in [1.165, 1.54) is 231 Å². The molecule has 6 nitrogen and oxygen atoms in total. The van der Waals surface area contributed by atoms with E-state index in [1.807, 2.05) is 0 Å². The number of rotatable bonds is 54. The predicted octanol–water partition coefficient (Wildman–Crippen LogP) is 17.9. The first-order valence-corrected chi connectivity index (χ1v) is 29.1. The van der Waals surface area contributed by atoms with Gasteiger partial charge in [0.1, 0.15) is 0 Å². The van der Waals surface area contributed by atoms with Crippen LogP contribution in [0.4, 0.5) is 0 Å². The second-order valence-electron chi connectivity index (χ2n) is 20.0. The minimum absolute atomic E-state index is 0.00454. The standard InChI is InChI=1S/C59H113NO5/c1-3-5-7-9-11-13-15-17-24-28-31-35-39-43-47-51-57(62)56(55-61)60-58(63)52-48-44-40-36-32-29-25-22-20-18-19-21-23-26-30-34-38-42-46-50-54-65-59(64)53-49-45-41-37-33-27-16-14-12-10-8-6-4-2/h8,10,14,16,56-57,61-62H,3-7,9,11-13,15,17-55H2,1-2H3,(H,60,63)/b10-8-,16-14-. The summed E-state index contributed by atoms with van der Waals surface area (Å²) in [6, 6.07) is -0.542. The molecule has 0 saturated carbocycles. The predicted molar refractivity (Wildman–Crippen MR) is 283 cm³/mol. The molecule has 65 heavy (non-hydrogen) atoms. The van der Waals surface area contributed by atoms with Crippen molar-refractivity contribution in [2.24, 2.45) is 0 Å². The van der Waals surface area contributed by atoms with Crippen molar-refractivity contribution >= 4 is 11.9 Å². The van der Waals surface area contributed by atoms with Crippen LogP contribution < -0.4 is 5.32 Å². The highest BCUT2D eigenvalue weighted by Crippen LogP contribution is 2.18. The first-order valence-electron chi connectivity index (χ1n) is 29.1. The first kappa shape index (κ1) is 63.3. The van der Waals surface area contributed by atoms with Crippen LogP contribution in [0, 0.1) is 0 Å². The molecule has 3 N–H and O–H groups in total. The highest BCUT2D eigenvalue weighted by atomic mass is 16.5. The van der Waals surface area contributed by atoms with Crippen LogP contribution in [0.5, 0.6) is 0 Å². The number of aliphatic hydroxyl groups is 2. The molecule has 0 aromatic heterocycles. The quantitative estimate of drug-likeness (QED) is 0.0321. The van der Waals surface area contributed by atoms with Gasteiger partial charge < -0.3 is 20.3 Å². The molecule has 0 aliphatic rings. The summed E-state index contributed by atoms with van der Waals surface area (Å²) in [5.41, 5.74) is 0. The summed E-state index contributed by atoms with van der Waals surface area (Å²) in [5, 5.41) is 23.3. The van der Waals surface area contributed by atoms with Crippen molar-refractivity contribution in [1.29, 1.82) is 0 Å². The van der Waals surface area contributed by atoms with Crippen molar-refractivity contribution in [3.05, 3.63) is 24.3 Å². The molecule has 0 aromatic rings. The zero-order valence-corrected chi connectivity index (χ0v) is 43.7. The molecule has 384 valence electrons. The highest BCUT2D eigenvalue weighted by Gasteiger charge is 2.20. The van der Waals surface area contributed by atoms with Crippen molar-refractivity contribution in [2.75, 3.05) is 13.2 Å². The van der Waals surface area contributed by atoms with Crippen LogP contribution >= 0.6 is 0 Å². The van der Waals surface area contributed by atoms with Crippen molar-refractivity contribution in [3.63, 3.8) is 0 Å². The summed E-state index contributed by atoms with van der Waals surface area (Å²) in [4.78, 5) is 24.5. The van der Waals surface area contributed by atoms with Gasteiger partial charge >= 0.3 is 5.97 Å². The number of carbonyl (C=O) groups is 2. The van der Waals surface area contributed by atoms with Crippen molar-refractivity contribution in [2.45, 2.75) is 328 Å². The van der Waals surface area contributed by atoms with Crippen LogP contribution in [0.3, 0.4) is 0 Å². The van der Waals surface area contributed by atoms with E-state index in [9.17, 15) is 19.8 Å². The lowest BCUT2D eigenvalue weighted by atomic mass is 10.0. The molecule has 6 heteroatoms. The molecular weight excluding hydrogens is 803 g/mol. The lowest BCUT2D eigenvalue weighted by Crippen LogP contribution is -2.45. The molecule has 2 atom stereocenters. The van der Waals surface area contributed by atoms with Gasteiger partial charge in [-0.15, -0.1) is 0 Å².